The molecule has 0 radical (unpaired) electrons. The van der Waals surface area contributed by atoms with Crippen molar-refractivity contribution in [2.24, 2.45) is 11.8 Å². The molecule has 3 heterocycles. The lowest BCUT2D eigenvalue weighted by atomic mass is 10.1. The minimum Gasteiger partial charge on any atom is -0.394 e. The van der Waals surface area contributed by atoms with Gasteiger partial charge in [-0.05, 0) is 49.3 Å². The van der Waals surface area contributed by atoms with Gasteiger partial charge in [0.1, 0.15) is 6.04 Å². The van der Waals surface area contributed by atoms with Crippen molar-refractivity contribution in [3.8, 4) is 0 Å². The summed E-state index contributed by atoms with van der Waals surface area (Å²) in [5.41, 5.74) is 0. The molecule has 11 heteroatoms. The zero-order chi connectivity index (χ0) is 21.5. The number of likely N-dealkylation sites (tertiary alicyclic amines) is 2. The number of aliphatic hydroxyl groups is 1. The van der Waals surface area contributed by atoms with Gasteiger partial charge in [-0.1, -0.05) is 11.6 Å². The van der Waals surface area contributed by atoms with E-state index in [4.69, 9.17) is 11.6 Å². The monoisotopic (exact) mass is 473 g/mol. The molecule has 2 aliphatic heterocycles. The Balaban J connectivity index is 1.35. The highest BCUT2D eigenvalue weighted by Gasteiger charge is 2.53. The van der Waals surface area contributed by atoms with Gasteiger partial charge in [0.25, 0.3) is 0 Å². The van der Waals surface area contributed by atoms with Gasteiger partial charge in [0, 0.05) is 23.4 Å². The average Bonchev–Trinajstić information content (AvgIpc) is 3.17. The topological polar surface area (TPSA) is 107 Å². The molecule has 30 heavy (non-hydrogen) atoms. The Kier molecular flexibility index (Phi) is 6.23. The molecule has 4 unspecified atom stereocenters. The summed E-state index contributed by atoms with van der Waals surface area (Å²) < 4.78 is 27.8. The summed E-state index contributed by atoms with van der Waals surface area (Å²) in [6, 6.07) is 2.33. The lowest BCUT2D eigenvalue weighted by Crippen LogP contribution is -2.55. The van der Waals surface area contributed by atoms with Gasteiger partial charge >= 0.3 is 0 Å². The first-order valence-electron chi connectivity index (χ1n) is 9.92. The van der Waals surface area contributed by atoms with Crippen LogP contribution in [0.15, 0.2) is 17.5 Å². The number of fused-ring (bicyclic) bond motifs is 1. The van der Waals surface area contributed by atoms with Crippen molar-refractivity contribution in [3.63, 3.8) is 0 Å². The third kappa shape index (κ3) is 4.72. The molecule has 2 N–H and O–H groups in total. The SMILES string of the molecule is O=C1C(NS(=O)(=O)/C=C/c2ccc(Cl)s2)CCCN1CC(=O)N1CC2CC2C1CO. The fourth-order valence-corrected chi connectivity index (χ4v) is 6.43. The maximum absolute atomic E-state index is 12.8. The predicted octanol–water partition coefficient (Wildman–Crippen LogP) is 1.12. The predicted molar refractivity (Wildman–Crippen MR) is 114 cm³/mol. The zero-order valence-corrected chi connectivity index (χ0v) is 18.6. The van der Waals surface area contributed by atoms with Crippen molar-refractivity contribution in [1.82, 2.24) is 14.5 Å². The van der Waals surface area contributed by atoms with Gasteiger partial charge in [-0.25, -0.2) is 8.42 Å². The number of hydrogen-bond donors (Lipinski definition) is 2. The molecule has 2 amide bonds. The molecule has 164 valence electrons. The number of amides is 2. The van der Waals surface area contributed by atoms with Gasteiger partial charge in [-0.2, -0.15) is 4.72 Å². The Hall–Kier alpha value is -1.46. The van der Waals surface area contributed by atoms with E-state index in [2.05, 4.69) is 4.72 Å². The number of carbonyl (C=O) groups excluding carboxylic acids is 2. The van der Waals surface area contributed by atoms with Gasteiger partial charge < -0.3 is 14.9 Å². The van der Waals surface area contributed by atoms with Crippen LogP contribution in [-0.4, -0.2) is 73.5 Å². The molecular weight excluding hydrogens is 450 g/mol. The second-order valence-electron chi connectivity index (χ2n) is 8.02. The number of sulfonamides is 1. The van der Waals surface area contributed by atoms with Gasteiger partial charge in [-0.15, -0.1) is 11.3 Å². The van der Waals surface area contributed by atoms with Crippen molar-refractivity contribution in [2.45, 2.75) is 31.3 Å². The van der Waals surface area contributed by atoms with Gasteiger partial charge in [0.15, 0.2) is 0 Å². The number of rotatable bonds is 7. The third-order valence-electron chi connectivity index (χ3n) is 5.98. The molecule has 4 rings (SSSR count). The van der Waals surface area contributed by atoms with E-state index in [0.717, 1.165) is 11.8 Å². The Morgan fingerprint density at radius 3 is 2.90 bits per heavy atom. The van der Waals surface area contributed by atoms with Crippen LogP contribution in [0.5, 0.6) is 0 Å². The number of nitrogens with zero attached hydrogens (tertiary/aromatic N) is 2. The molecule has 0 spiro atoms. The fourth-order valence-electron chi connectivity index (χ4n) is 4.36. The maximum Gasteiger partial charge on any atom is 0.242 e. The summed E-state index contributed by atoms with van der Waals surface area (Å²) in [4.78, 5) is 29.3. The lowest BCUT2D eigenvalue weighted by Gasteiger charge is -2.34. The number of carbonyl (C=O) groups is 2. The van der Waals surface area contributed by atoms with E-state index < -0.39 is 22.0 Å². The molecule has 0 aromatic carbocycles. The Labute approximate surface area is 184 Å². The minimum absolute atomic E-state index is 0.0644. The quantitative estimate of drug-likeness (QED) is 0.617. The van der Waals surface area contributed by atoms with Crippen LogP contribution in [-0.2, 0) is 19.6 Å². The number of aliphatic hydroxyl groups excluding tert-OH is 1. The van der Waals surface area contributed by atoms with Gasteiger partial charge in [0.05, 0.1) is 23.5 Å². The molecule has 4 atom stereocenters. The van der Waals surface area contributed by atoms with Crippen molar-refractivity contribution in [1.29, 1.82) is 0 Å². The van der Waals surface area contributed by atoms with Crippen LogP contribution in [0.4, 0.5) is 0 Å². The van der Waals surface area contributed by atoms with E-state index in [0.29, 0.717) is 47.0 Å². The van der Waals surface area contributed by atoms with Crippen LogP contribution >= 0.6 is 22.9 Å². The number of thiophene rings is 1. The highest BCUT2D eigenvalue weighted by molar-refractivity contribution is 7.92. The number of hydrogen-bond acceptors (Lipinski definition) is 6. The molecule has 8 nitrogen and oxygen atoms in total. The summed E-state index contributed by atoms with van der Waals surface area (Å²) in [6.07, 6.45) is 3.47. The van der Waals surface area contributed by atoms with Crippen molar-refractivity contribution in [2.75, 3.05) is 26.2 Å². The first-order valence-corrected chi connectivity index (χ1v) is 12.7. The summed E-state index contributed by atoms with van der Waals surface area (Å²) in [6.45, 7) is 0.892. The molecule has 1 saturated carbocycles. The molecule has 2 saturated heterocycles. The van der Waals surface area contributed by atoms with Crippen molar-refractivity contribution < 1.29 is 23.1 Å². The average molecular weight is 474 g/mol. The van der Waals surface area contributed by atoms with Crippen LogP contribution in [0, 0.1) is 11.8 Å². The minimum atomic E-state index is -3.83. The highest BCUT2D eigenvalue weighted by atomic mass is 35.5. The normalized spacial score (nSPS) is 28.9. The van der Waals surface area contributed by atoms with E-state index >= 15 is 0 Å². The van der Waals surface area contributed by atoms with Crippen LogP contribution in [0.2, 0.25) is 4.34 Å². The fraction of sp³-hybridized carbons (Fsp3) is 0.579. The standard InChI is InChI=1S/C19H24ClN3O5S2/c20-17-4-3-13(29-17)5-7-30(27,28)21-15-2-1-6-22(19(15)26)10-18(25)23-9-12-8-14(12)16(23)11-24/h3-5,7,12,14-16,21,24H,1-2,6,8-11H2/b7-5+. The summed E-state index contributed by atoms with van der Waals surface area (Å²) in [5, 5.41) is 10.6. The van der Waals surface area contributed by atoms with E-state index in [1.807, 2.05) is 0 Å². The molecule has 1 aromatic heterocycles. The maximum atomic E-state index is 12.8. The molecule has 0 bridgehead atoms. The van der Waals surface area contributed by atoms with Crippen LogP contribution in [0.1, 0.15) is 24.1 Å². The number of piperidine rings is 2. The second kappa shape index (κ2) is 8.58. The highest BCUT2D eigenvalue weighted by Crippen LogP contribution is 2.49. The van der Waals surface area contributed by atoms with Crippen LogP contribution in [0.25, 0.3) is 6.08 Å². The van der Waals surface area contributed by atoms with Crippen LogP contribution in [0.3, 0.4) is 0 Å². The van der Waals surface area contributed by atoms with E-state index in [1.165, 1.54) is 22.3 Å². The first kappa shape index (κ1) is 21.8. The summed E-state index contributed by atoms with van der Waals surface area (Å²) >= 11 is 7.09. The molecule has 3 aliphatic rings. The summed E-state index contributed by atoms with van der Waals surface area (Å²) in [7, 11) is -3.83. The number of halogens is 1. The Morgan fingerprint density at radius 2 is 2.20 bits per heavy atom. The Bertz CT molecular complexity index is 963. The van der Waals surface area contributed by atoms with Gasteiger partial charge in [-0.3, -0.25) is 9.59 Å². The molecule has 1 aliphatic carbocycles. The second-order valence-corrected chi connectivity index (χ2v) is 11.4. The third-order valence-corrected chi connectivity index (χ3v) is 8.28. The van der Waals surface area contributed by atoms with E-state index in [9.17, 15) is 23.1 Å². The van der Waals surface area contributed by atoms with Gasteiger partial charge in [0.2, 0.25) is 21.8 Å². The largest absolute Gasteiger partial charge is 0.394 e. The van der Waals surface area contributed by atoms with Crippen LogP contribution < -0.4 is 4.72 Å². The van der Waals surface area contributed by atoms with E-state index in [-0.39, 0.29) is 25.1 Å². The Morgan fingerprint density at radius 1 is 1.40 bits per heavy atom. The van der Waals surface area contributed by atoms with Crippen molar-refractivity contribution in [3.05, 3.63) is 26.8 Å². The summed E-state index contributed by atoms with van der Waals surface area (Å²) in [5.74, 6) is 0.261. The number of nitrogens with one attached hydrogen (secondary N) is 1. The molecule has 1 aromatic rings. The molecule has 3 fully saturated rings. The van der Waals surface area contributed by atoms with Crippen molar-refractivity contribution >= 4 is 50.9 Å². The first-order chi connectivity index (χ1) is 14.3. The van der Waals surface area contributed by atoms with E-state index in [1.54, 1.807) is 17.0 Å². The smallest absolute Gasteiger partial charge is 0.242 e. The molecular formula is C19H24ClN3O5S2. The zero-order valence-electron chi connectivity index (χ0n) is 16.2. The lowest BCUT2D eigenvalue weighted by molar-refractivity contribution is -0.144.